The van der Waals surface area contributed by atoms with Crippen molar-refractivity contribution in [3.8, 4) is 11.8 Å². The Kier molecular flexibility index (Phi) is 4.70. The number of tetrazole rings is 1. The first kappa shape index (κ1) is 15.9. The smallest absolute Gasteiger partial charge is 0.240 e. The molecule has 24 heavy (non-hydrogen) atoms. The summed E-state index contributed by atoms with van der Waals surface area (Å²) in [4.78, 5) is 12.2. The number of aromatic nitrogens is 4. The van der Waals surface area contributed by atoms with Gasteiger partial charge in [-0.15, -0.1) is 5.10 Å². The van der Waals surface area contributed by atoms with Gasteiger partial charge in [0.1, 0.15) is 11.9 Å². The van der Waals surface area contributed by atoms with E-state index in [9.17, 15) is 10.1 Å². The van der Waals surface area contributed by atoms with Gasteiger partial charge in [0.2, 0.25) is 5.91 Å². The molecule has 8 nitrogen and oxygen atoms in total. The van der Waals surface area contributed by atoms with Crippen molar-refractivity contribution in [2.45, 2.75) is 37.6 Å². The van der Waals surface area contributed by atoms with Crippen LogP contribution in [0.2, 0.25) is 0 Å². The van der Waals surface area contributed by atoms with E-state index in [1.54, 1.807) is 0 Å². The highest BCUT2D eigenvalue weighted by molar-refractivity contribution is 5.82. The predicted octanol–water partition coefficient (Wildman–Crippen LogP) is 1.42. The van der Waals surface area contributed by atoms with Crippen LogP contribution in [0.15, 0.2) is 30.6 Å². The van der Waals surface area contributed by atoms with Crippen molar-refractivity contribution in [3.05, 3.63) is 30.6 Å². The van der Waals surface area contributed by atoms with Crippen LogP contribution in [-0.2, 0) is 4.79 Å². The summed E-state index contributed by atoms with van der Waals surface area (Å²) in [6, 6.07) is 9.73. The van der Waals surface area contributed by atoms with E-state index < -0.39 is 5.54 Å². The minimum absolute atomic E-state index is 0.114. The highest BCUT2D eigenvalue weighted by Crippen LogP contribution is 2.27. The molecule has 0 aliphatic heterocycles. The second kappa shape index (κ2) is 7.08. The average Bonchev–Trinajstić information content (AvgIpc) is 3.16. The molecular weight excluding hydrogens is 306 g/mol. The fourth-order valence-electron chi connectivity index (χ4n) is 2.95. The summed E-state index contributed by atoms with van der Waals surface area (Å²) in [5.74, 6) is -0.175. The first-order valence-electron chi connectivity index (χ1n) is 8.00. The van der Waals surface area contributed by atoms with Crippen molar-refractivity contribution in [1.82, 2.24) is 25.5 Å². The lowest BCUT2D eigenvalue weighted by molar-refractivity contribution is -0.121. The van der Waals surface area contributed by atoms with Gasteiger partial charge in [0.25, 0.3) is 0 Å². The molecule has 8 heteroatoms. The van der Waals surface area contributed by atoms with Crippen LogP contribution in [0.3, 0.4) is 0 Å². The van der Waals surface area contributed by atoms with Crippen LogP contribution in [0, 0.1) is 11.3 Å². The molecule has 1 aromatic heterocycles. The van der Waals surface area contributed by atoms with E-state index in [0.29, 0.717) is 0 Å². The summed E-state index contributed by atoms with van der Waals surface area (Å²) in [5, 5.41) is 26.4. The van der Waals surface area contributed by atoms with Crippen molar-refractivity contribution < 1.29 is 4.79 Å². The normalized spacial score (nSPS) is 16.1. The largest absolute Gasteiger partial charge is 0.376 e. The second-order valence-electron chi connectivity index (χ2n) is 5.96. The Labute approximate surface area is 139 Å². The number of hydrogen-bond acceptors (Lipinski definition) is 6. The summed E-state index contributed by atoms with van der Waals surface area (Å²) in [6.45, 7) is 0.114. The average molecular weight is 325 g/mol. The molecule has 1 amide bonds. The maximum Gasteiger partial charge on any atom is 0.240 e. The van der Waals surface area contributed by atoms with Crippen LogP contribution in [0.25, 0.3) is 5.69 Å². The number of carbonyl (C=O) groups excluding carboxylic acids is 1. The van der Waals surface area contributed by atoms with Crippen molar-refractivity contribution in [1.29, 1.82) is 5.26 Å². The third-order valence-electron chi connectivity index (χ3n) is 4.21. The number of amides is 1. The first-order valence-corrected chi connectivity index (χ1v) is 8.00. The number of nitriles is 1. The van der Waals surface area contributed by atoms with Crippen molar-refractivity contribution in [2.75, 3.05) is 11.9 Å². The second-order valence-corrected chi connectivity index (χ2v) is 5.96. The molecule has 0 atom stereocenters. The van der Waals surface area contributed by atoms with Crippen molar-refractivity contribution in [2.24, 2.45) is 0 Å². The van der Waals surface area contributed by atoms with Gasteiger partial charge in [0, 0.05) is 5.69 Å². The van der Waals surface area contributed by atoms with Crippen LogP contribution in [-0.4, -0.2) is 38.2 Å². The fraction of sp³-hybridized carbons (Fsp3) is 0.438. The number of hydrogen-bond donors (Lipinski definition) is 2. The minimum atomic E-state index is -0.703. The lowest BCUT2D eigenvalue weighted by atomic mass is 9.83. The maximum atomic E-state index is 12.2. The number of anilines is 1. The Morgan fingerprint density at radius 2 is 2.17 bits per heavy atom. The van der Waals surface area contributed by atoms with Crippen LogP contribution in [0.1, 0.15) is 32.1 Å². The molecule has 1 saturated carbocycles. The third kappa shape index (κ3) is 3.68. The van der Waals surface area contributed by atoms with Crippen LogP contribution < -0.4 is 10.6 Å². The molecular formula is C16H19N7O. The summed E-state index contributed by atoms with van der Waals surface area (Å²) in [5.41, 5.74) is 0.879. The van der Waals surface area contributed by atoms with Gasteiger partial charge in [-0.05, 0) is 41.5 Å². The van der Waals surface area contributed by atoms with Gasteiger partial charge in [0.15, 0.2) is 0 Å². The minimum Gasteiger partial charge on any atom is -0.376 e. The molecule has 0 bridgehead atoms. The molecule has 0 unspecified atom stereocenters. The molecule has 0 radical (unpaired) electrons. The number of nitrogens with one attached hydrogen (secondary N) is 2. The summed E-state index contributed by atoms with van der Waals surface area (Å²) in [6.07, 6.45) is 6.05. The van der Waals surface area contributed by atoms with E-state index >= 15 is 0 Å². The number of carbonyl (C=O) groups is 1. The molecule has 124 valence electrons. The van der Waals surface area contributed by atoms with Gasteiger partial charge >= 0.3 is 0 Å². The fourth-order valence-corrected chi connectivity index (χ4v) is 2.95. The standard InChI is InChI=1S/C16H19N7O/c17-11-16(7-2-1-3-8-16)20-15(24)10-18-13-5-4-6-14(9-13)23-12-19-21-22-23/h4-6,9,12,18H,1-3,7-8,10H2,(H,20,24). The molecule has 1 fully saturated rings. The van der Waals surface area contributed by atoms with Crippen LogP contribution >= 0.6 is 0 Å². The highest BCUT2D eigenvalue weighted by Gasteiger charge is 2.33. The maximum absolute atomic E-state index is 12.2. The molecule has 1 aliphatic carbocycles. The molecule has 2 N–H and O–H groups in total. The lowest BCUT2D eigenvalue weighted by Crippen LogP contribution is -2.50. The quantitative estimate of drug-likeness (QED) is 0.860. The molecule has 0 spiro atoms. The summed E-state index contributed by atoms with van der Waals surface area (Å²) >= 11 is 0. The zero-order chi connectivity index (χ0) is 16.8. The van der Waals surface area contributed by atoms with E-state index in [4.69, 9.17) is 0 Å². The summed E-state index contributed by atoms with van der Waals surface area (Å²) < 4.78 is 1.54. The molecule has 0 saturated heterocycles. The molecule has 3 rings (SSSR count). The van der Waals surface area contributed by atoms with Crippen molar-refractivity contribution >= 4 is 11.6 Å². The zero-order valence-electron chi connectivity index (χ0n) is 13.3. The third-order valence-corrected chi connectivity index (χ3v) is 4.21. The van der Waals surface area contributed by atoms with Gasteiger partial charge in [0.05, 0.1) is 18.3 Å². The molecule has 1 heterocycles. The van der Waals surface area contributed by atoms with E-state index in [2.05, 4.69) is 32.2 Å². The molecule has 1 aromatic carbocycles. The Morgan fingerprint density at radius 1 is 1.33 bits per heavy atom. The van der Waals surface area contributed by atoms with Crippen molar-refractivity contribution in [3.63, 3.8) is 0 Å². The zero-order valence-corrected chi connectivity index (χ0v) is 13.3. The Bertz CT molecular complexity index is 729. The first-order chi connectivity index (χ1) is 11.7. The summed E-state index contributed by atoms with van der Waals surface area (Å²) in [7, 11) is 0. The van der Waals surface area contributed by atoms with Crippen LogP contribution in [0.4, 0.5) is 5.69 Å². The highest BCUT2D eigenvalue weighted by atomic mass is 16.2. The van der Waals surface area contributed by atoms with Gasteiger partial charge in [-0.25, -0.2) is 4.68 Å². The number of rotatable bonds is 5. The SMILES string of the molecule is N#CC1(NC(=O)CNc2cccc(-n3cnnn3)c2)CCCCC1. The van der Waals surface area contributed by atoms with Crippen LogP contribution in [0.5, 0.6) is 0 Å². The van der Waals surface area contributed by atoms with Gasteiger partial charge in [-0.2, -0.15) is 5.26 Å². The Morgan fingerprint density at radius 3 is 2.88 bits per heavy atom. The van der Waals surface area contributed by atoms with E-state index in [0.717, 1.165) is 43.5 Å². The predicted molar refractivity (Wildman–Crippen MR) is 87.2 cm³/mol. The number of benzene rings is 1. The molecule has 1 aliphatic rings. The lowest BCUT2D eigenvalue weighted by Gasteiger charge is -2.31. The van der Waals surface area contributed by atoms with E-state index in [1.807, 2.05) is 24.3 Å². The Balaban J connectivity index is 1.58. The van der Waals surface area contributed by atoms with Gasteiger partial charge in [-0.1, -0.05) is 25.3 Å². The van der Waals surface area contributed by atoms with E-state index in [-0.39, 0.29) is 12.5 Å². The Hall–Kier alpha value is -2.95. The monoisotopic (exact) mass is 325 g/mol. The molecule has 2 aromatic rings. The topological polar surface area (TPSA) is 109 Å². The van der Waals surface area contributed by atoms with Gasteiger partial charge < -0.3 is 10.6 Å². The van der Waals surface area contributed by atoms with Gasteiger partial charge in [-0.3, -0.25) is 4.79 Å². The number of nitrogens with zero attached hydrogens (tertiary/aromatic N) is 5. The van der Waals surface area contributed by atoms with E-state index in [1.165, 1.54) is 11.0 Å².